The predicted molar refractivity (Wildman–Crippen MR) is 87.8 cm³/mol. The van der Waals surface area contributed by atoms with E-state index in [-0.39, 0.29) is 11.5 Å². The Morgan fingerprint density at radius 1 is 1.14 bits per heavy atom. The molecule has 2 aromatic rings. The molecule has 2 rings (SSSR count). The second kappa shape index (κ2) is 6.20. The van der Waals surface area contributed by atoms with Gasteiger partial charge in [0, 0.05) is 6.54 Å². The van der Waals surface area contributed by atoms with Gasteiger partial charge in [0.2, 0.25) is 0 Å². The van der Waals surface area contributed by atoms with Crippen LogP contribution >= 0.6 is 0 Å². The van der Waals surface area contributed by atoms with Crippen LogP contribution in [0.3, 0.4) is 0 Å². The van der Waals surface area contributed by atoms with Crippen LogP contribution in [0.5, 0.6) is 0 Å². The molecule has 4 nitrogen and oxygen atoms in total. The summed E-state index contributed by atoms with van der Waals surface area (Å²) in [4.78, 5) is 12.5. The lowest BCUT2D eigenvalue weighted by Gasteiger charge is -2.16. The molecular weight excluding hydrogens is 262 g/mol. The smallest absolute Gasteiger partial charge is 0.290 e. The Labute approximate surface area is 126 Å². The molecule has 0 saturated heterocycles. The second-order valence-electron chi connectivity index (χ2n) is 5.93. The van der Waals surface area contributed by atoms with E-state index >= 15 is 0 Å². The molecule has 21 heavy (non-hydrogen) atoms. The van der Waals surface area contributed by atoms with Gasteiger partial charge in [-0.25, -0.2) is 4.68 Å². The van der Waals surface area contributed by atoms with Crippen molar-refractivity contribution in [2.24, 2.45) is 0 Å². The SMILES string of the molecule is CCCn1c(C(C)C)c(N)c(=O)n1Cc1ccc(C)cc1. The van der Waals surface area contributed by atoms with Gasteiger partial charge in [-0.1, -0.05) is 50.6 Å². The van der Waals surface area contributed by atoms with Crippen molar-refractivity contribution in [2.75, 3.05) is 5.73 Å². The number of aromatic nitrogens is 2. The van der Waals surface area contributed by atoms with Crippen LogP contribution in [0.2, 0.25) is 0 Å². The molecule has 1 aromatic carbocycles. The molecule has 0 amide bonds. The Bertz CT molecular complexity index is 663. The van der Waals surface area contributed by atoms with Gasteiger partial charge in [-0.05, 0) is 24.8 Å². The third-order valence-electron chi connectivity index (χ3n) is 3.75. The molecule has 2 N–H and O–H groups in total. The van der Waals surface area contributed by atoms with Crippen LogP contribution in [-0.4, -0.2) is 9.36 Å². The summed E-state index contributed by atoms with van der Waals surface area (Å²) in [5, 5.41) is 0. The number of nitrogen functional groups attached to an aromatic ring is 1. The maximum absolute atomic E-state index is 12.5. The van der Waals surface area contributed by atoms with Crippen LogP contribution in [-0.2, 0) is 13.1 Å². The number of anilines is 1. The zero-order valence-electron chi connectivity index (χ0n) is 13.4. The fraction of sp³-hybridized carbons (Fsp3) is 0.471. The van der Waals surface area contributed by atoms with Gasteiger partial charge in [-0.3, -0.25) is 9.48 Å². The lowest BCUT2D eigenvalue weighted by molar-refractivity contribution is 0.443. The Morgan fingerprint density at radius 3 is 2.29 bits per heavy atom. The zero-order chi connectivity index (χ0) is 15.6. The highest BCUT2D eigenvalue weighted by atomic mass is 16.1. The average Bonchev–Trinajstić information content (AvgIpc) is 2.66. The van der Waals surface area contributed by atoms with Crippen molar-refractivity contribution < 1.29 is 0 Å². The van der Waals surface area contributed by atoms with E-state index in [2.05, 4.69) is 56.6 Å². The van der Waals surface area contributed by atoms with Gasteiger partial charge < -0.3 is 5.73 Å². The van der Waals surface area contributed by atoms with E-state index in [9.17, 15) is 4.79 Å². The van der Waals surface area contributed by atoms with Crippen LogP contribution in [0.25, 0.3) is 0 Å². The largest absolute Gasteiger partial charge is 0.393 e. The third kappa shape index (κ3) is 3.04. The fourth-order valence-electron chi connectivity index (χ4n) is 2.71. The van der Waals surface area contributed by atoms with Crippen molar-refractivity contribution in [1.82, 2.24) is 9.36 Å². The molecule has 1 heterocycles. The molecule has 4 heteroatoms. The van der Waals surface area contributed by atoms with Gasteiger partial charge in [0.25, 0.3) is 5.56 Å². The Balaban J connectivity index is 2.49. The Kier molecular flexibility index (Phi) is 4.56. The second-order valence-corrected chi connectivity index (χ2v) is 5.93. The minimum absolute atomic E-state index is 0.0762. The van der Waals surface area contributed by atoms with Crippen LogP contribution in [0, 0.1) is 6.92 Å². The van der Waals surface area contributed by atoms with E-state index < -0.39 is 0 Å². The molecular formula is C17H25N3O. The topological polar surface area (TPSA) is 52.9 Å². The van der Waals surface area contributed by atoms with Gasteiger partial charge >= 0.3 is 0 Å². The first-order chi connectivity index (χ1) is 9.95. The number of aryl methyl sites for hydroxylation is 1. The highest BCUT2D eigenvalue weighted by Crippen LogP contribution is 2.20. The van der Waals surface area contributed by atoms with Crippen molar-refractivity contribution in [3.63, 3.8) is 0 Å². The molecule has 0 aliphatic heterocycles. The predicted octanol–water partition coefficient (Wildman–Crippen LogP) is 3.12. The number of hydrogen-bond acceptors (Lipinski definition) is 2. The maximum atomic E-state index is 12.5. The van der Waals surface area contributed by atoms with E-state index in [0.717, 1.165) is 24.2 Å². The van der Waals surface area contributed by atoms with Crippen molar-refractivity contribution in [3.8, 4) is 0 Å². The first-order valence-electron chi connectivity index (χ1n) is 7.60. The number of rotatable bonds is 5. The van der Waals surface area contributed by atoms with Gasteiger partial charge in [0.1, 0.15) is 5.69 Å². The summed E-state index contributed by atoms with van der Waals surface area (Å²) in [7, 11) is 0. The fourth-order valence-corrected chi connectivity index (χ4v) is 2.71. The maximum Gasteiger partial charge on any atom is 0.290 e. The first kappa shape index (κ1) is 15.4. The highest BCUT2D eigenvalue weighted by Gasteiger charge is 2.19. The molecule has 0 atom stereocenters. The number of nitrogens with two attached hydrogens (primary N) is 1. The quantitative estimate of drug-likeness (QED) is 0.918. The van der Waals surface area contributed by atoms with E-state index in [1.165, 1.54) is 5.56 Å². The van der Waals surface area contributed by atoms with E-state index in [1.807, 2.05) is 0 Å². The normalized spacial score (nSPS) is 11.3. The average molecular weight is 287 g/mol. The van der Waals surface area contributed by atoms with Crippen molar-refractivity contribution in [3.05, 3.63) is 51.4 Å². The van der Waals surface area contributed by atoms with Crippen LogP contribution < -0.4 is 11.3 Å². The van der Waals surface area contributed by atoms with Gasteiger partial charge in [0.15, 0.2) is 0 Å². The van der Waals surface area contributed by atoms with Crippen LogP contribution in [0.15, 0.2) is 29.1 Å². The van der Waals surface area contributed by atoms with Gasteiger partial charge in [0.05, 0.1) is 12.2 Å². The van der Waals surface area contributed by atoms with E-state index in [0.29, 0.717) is 12.2 Å². The molecule has 0 radical (unpaired) electrons. The molecule has 0 unspecified atom stereocenters. The highest BCUT2D eigenvalue weighted by molar-refractivity contribution is 5.43. The molecule has 1 aromatic heterocycles. The minimum atomic E-state index is -0.0762. The summed E-state index contributed by atoms with van der Waals surface area (Å²) >= 11 is 0. The van der Waals surface area contributed by atoms with Crippen LogP contribution in [0.1, 0.15) is 49.9 Å². The summed E-state index contributed by atoms with van der Waals surface area (Å²) in [5.74, 6) is 0.239. The molecule has 0 fully saturated rings. The Hall–Kier alpha value is -1.97. The molecule has 114 valence electrons. The molecule has 0 aliphatic rings. The molecule has 0 bridgehead atoms. The minimum Gasteiger partial charge on any atom is -0.393 e. The summed E-state index contributed by atoms with van der Waals surface area (Å²) in [5.41, 5.74) is 9.67. The molecule has 0 aliphatic carbocycles. The monoisotopic (exact) mass is 287 g/mol. The number of nitrogens with zero attached hydrogens (tertiary/aromatic N) is 2. The van der Waals surface area contributed by atoms with Gasteiger partial charge in [-0.15, -0.1) is 0 Å². The summed E-state index contributed by atoms with van der Waals surface area (Å²) in [6, 6.07) is 8.27. The summed E-state index contributed by atoms with van der Waals surface area (Å²) in [6.45, 7) is 9.70. The number of hydrogen-bond donors (Lipinski definition) is 1. The first-order valence-corrected chi connectivity index (χ1v) is 7.60. The summed E-state index contributed by atoms with van der Waals surface area (Å²) in [6.07, 6.45) is 0.973. The van der Waals surface area contributed by atoms with Crippen LogP contribution in [0.4, 0.5) is 5.69 Å². The zero-order valence-corrected chi connectivity index (χ0v) is 13.4. The molecule has 0 spiro atoms. The van der Waals surface area contributed by atoms with Crippen molar-refractivity contribution in [2.45, 2.75) is 53.1 Å². The van der Waals surface area contributed by atoms with Crippen molar-refractivity contribution >= 4 is 5.69 Å². The lowest BCUT2D eigenvalue weighted by atomic mass is 10.1. The molecule has 0 saturated carbocycles. The summed E-state index contributed by atoms with van der Waals surface area (Å²) < 4.78 is 3.83. The Morgan fingerprint density at radius 2 is 1.76 bits per heavy atom. The van der Waals surface area contributed by atoms with Gasteiger partial charge in [-0.2, -0.15) is 0 Å². The number of benzene rings is 1. The van der Waals surface area contributed by atoms with Crippen molar-refractivity contribution in [1.29, 1.82) is 0 Å². The lowest BCUT2D eigenvalue weighted by Crippen LogP contribution is -2.25. The standard InChI is InChI=1S/C17H25N3O/c1-5-10-19-16(12(2)3)15(18)17(21)20(19)11-14-8-6-13(4)7-9-14/h6-9,12H,5,10-11,18H2,1-4H3. The van der Waals surface area contributed by atoms with E-state index in [4.69, 9.17) is 5.73 Å². The third-order valence-corrected chi connectivity index (χ3v) is 3.75. The van der Waals surface area contributed by atoms with E-state index in [1.54, 1.807) is 4.68 Å².